The summed E-state index contributed by atoms with van der Waals surface area (Å²) in [4.78, 5) is 43.0. The number of ether oxygens (including phenoxy) is 1. The molecule has 212 valence electrons. The van der Waals surface area contributed by atoms with E-state index in [0.717, 1.165) is 17.4 Å². The van der Waals surface area contributed by atoms with Crippen LogP contribution in [-0.4, -0.2) is 62.2 Å². The molecule has 11 nitrogen and oxygen atoms in total. The standard InChI is InChI=1S/C26H33FN4O7S/c1-28-16-19-11-12-20(27)15-18(19)9-5-4-8-14-37-26(34)30(2)22-10-6-7-13-31-24(22)29-21(17-32)23(25(31)33)38-39(3,35)36/h5,9,11-12,15,17,22,28H,4,6-8,10,13-14,16H2,1-3H3/b9-5+. The molecule has 39 heavy (non-hydrogen) atoms. The Balaban J connectivity index is 1.66. The minimum atomic E-state index is -4.07. The summed E-state index contributed by atoms with van der Waals surface area (Å²) < 4.78 is 48.2. The number of hydrogen-bond donors (Lipinski definition) is 1. The van der Waals surface area contributed by atoms with E-state index in [9.17, 15) is 27.2 Å². The highest BCUT2D eigenvalue weighted by Gasteiger charge is 2.31. The summed E-state index contributed by atoms with van der Waals surface area (Å²) in [5.41, 5.74) is 0.487. The Bertz CT molecular complexity index is 1390. The summed E-state index contributed by atoms with van der Waals surface area (Å²) in [7, 11) is -0.739. The van der Waals surface area contributed by atoms with Gasteiger partial charge in [-0.3, -0.25) is 14.2 Å². The molecule has 0 spiro atoms. The lowest BCUT2D eigenvalue weighted by atomic mass is 10.1. The molecule has 0 saturated carbocycles. The summed E-state index contributed by atoms with van der Waals surface area (Å²) >= 11 is 0. The van der Waals surface area contributed by atoms with Crippen LogP contribution in [0, 0.1) is 5.82 Å². The summed E-state index contributed by atoms with van der Waals surface area (Å²) in [6, 6.07) is 3.95. The molecule has 0 bridgehead atoms. The van der Waals surface area contributed by atoms with E-state index in [-0.39, 0.29) is 31.1 Å². The van der Waals surface area contributed by atoms with Gasteiger partial charge < -0.3 is 19.1 Å². The molecule has 2 aromatic rings. The molecule has 1 aromatic carbocycles. The number of carbonyl (C=O) groups is 2. The van der Waals surface area contributed by atoms with Crippen molar-refractivity contribution in [3.8, 4) is 5.75 Å². The monoisotopic (exact) mass is 564 g/mol. The van der Waals surface area contributed by atoms with E-state index in [1.54, 1.807) is 6.07 Å². The number of nitrogens with zero attached hydrogens (tertiary/aromatic N) is 3. The Labute approximate surface area is 226 Å². The van der Waals surface area contributed by atoms with E-state index in [1.807, 2.05) is 19.2 Å². The third-order valence-electron chi connectivity index (χ3n) is 6.21. The van der Waals surface area contributed by atoms with Gasteiger partial charge in [0, 0.05) is 20.1 Å². The van der Waals surface area contributed by atoms with Crippen LogP contribution in [0.5, 0.6) is 5.75 Å². The fourth-order valence-corrected chi connectivity index (χ4v) is 4.79. The smallest absolute Gasteiger partial charge is 0.410 e. The number of amides is 1. The van der Waals surface area contributed by atoms with Gasteiger partial charge in [-0.15, -0.1) is 0 Å². The van der Waals surface area contributed by atoms with Crippen molar-refractivity contribution in [2.45, 2.75) is 51.2 Å². The zero-order valence-corrected chi connectivity index (χ0v) is 23.0. The van der Waals surface area contributed by atoms with Crippen molar-refractivity contribution in [3.05, 3.63) is 63.1 Å². The van der Waals surface area contributed by atoms with Gasteiger partial charge in [0.15, 0.2) is 12.0 Å². The lowest BCUT2D eigenvalue weighted by Gasteiger charge is -2.27. The Hall–Kier alpha value is -3.58. The van der Waals surface area contributed by atoms with Crippen molar-refractivity contribution in [1.82, 2.24) is 19.8 Å². The fraction of sp³-hybridized carbons (Fsp3) is 0.462. The number of aromatic nitrogens is 2. The highest BCUT2D eigenvalue weighted by atomic mass is 32.2. The zero-order chi connectivity index (χ0) is 28.6. The van der Waals surface area contributed by atoms with Crippen molar-refractivity contribution in [1.29, 1.82) is 0 Å². The number of nitrogens with one attached hydrogen (secondary N) is 1. The summed E-state index contributed by atoms with van der Waals surface area (Å²) in [6.45, 7) is 0.969. The van der Waals surface area contributed by atoms with Crippen LogP contribution in [0.15, 0.2) is 29.1 Å². The number of rotatable bonds is 11. The number of fused-ring (bicyclic) bond motifs is 1. The minimum Gasteiger partial charge on any atom is -0.449 e. The predicted molar refractivity (Wildman–Crippen MR) is 142 cm³/mol. The van der Waals surface area contributed by atoms with Crippen LogP contribution in [-0.2, 0) is 27.9 Å². The number of hydrogen-bond acceptors (Lipinski definition) is 9. The van der Waals surface area contributed by atoms with Gasteiger partial charge in [0.05, 0.1) is 18.9 Å². The van der Waals surface area contributed by atoms with Gasteiger partial charge >= 0.3 is 16.2 Å². The highest BCUT2D eigenvalue weighted by molar-refractivity contribution is 7.86. The maximum atomic E-state index is 13.6. The number of halogens is 1. The van der Waals surface area contributed by atoms with E-state index >= 15 is 0 Å². The van der Waals surface area contributed by atoms with Crippen LogP contribution < -0.4 is 15.1 Å². The van der Waals surface area contributed by atoms with E-state index in [4.69, 9.17) is 8.92 Å². The van der Waals surface area contributed by atoms with Gasteiger partial charge in [0.2, 0.25) is 5.75 Å². The molecule has 1 N–H and O–H groups in total. The lowest BCUT2D eigenvalue weighted by molar-refractivity contribution is 0.0922. The molecule has 1 atom stereocenters. The van der Waals surface area contributed by atoms with E-state index in [0.29, 0.717) is 38.6 Å². The first kappa shape index (κ1) is 30.0. The van der Waals surface area contributed by atoms with E-state index < -0.39 is 39.3 Å². The van der Waals surface area contributed by atoms with Crippen molar-refractivity contribution >= 4 is 28.6 Å². The number of unbranched alkanes of at least 4 members (excludes halogenated alkanes) is 1. The molecule has 2 heterocycles. The van der Waals surface area contributed by atoms with Crippen LogP contribution in [0.25, 0.3) is 6.08 Å². The second kappa shape index (κ2) is 13.5. The Kier molecular flexibility index (Phi) is 10.4. The van der Waals surface area contributed by atoms with Crippen LogP contribution in [0.4, 0.5) is 9.18 Å². The second-order valence-electron chi connectivity index (χ2n) is 9.20. The quantitative estimate of drug-likeness (QED) is 0.248. The molecule has 1 aliphatic heterocycles. The van der Waals surface area contributed by atoms with Gasteiger partial charge in [-0.2, -0.15) is 8.42 Å². The van der Waals surface area contributed by atoms with Gasteiger partial charge in [-0.05, 0) is 62.4 Å². The Morgan fingerprint density at radius 2 is 2.10 bits per heavy atom. The topological polar surface area (TPSA) is 137 Å². The zero-order valence-electron chi connectivity index (χ0n) is 22.2. The average molecular weight is 565 g/mol. The predicted octanol–water partition coefficient (Wildman–Crippen LogP) is 3.04. The SMILES string of the molecule is CNCc1ccc(F)cc1/C=C/CCCOC(=O)N(C)C1CCCCn2c1nc(C=O)c(OS(C)(=O)=O)c2=O. The van der Waals surface area contributed by atoms with Gasteiger partial charge in [-0.1, -0.05) is 18.2 Å². The molecule has 0 saturated heterocycles. The molecule has 1 unspecified atom stereocenters. The number of aldehydes is 1. The van der Waals surface area contributed by atoms with Crippen LogP contribution in [0.2, 0.25) is 0 Å². The molecule has 0 fully saturated rings. The van der Waals surface area contributed by atoms with Gasteiger partial charge in [-0.25, -0.2) is 14.2 Å². The van der Waals surface area contributed by atoms with Gasteiger partial charge in [0.25, 0.3) is 5.56 Å². The molecule has 3 rings (SSSR count). The third kappa shape index (κ3) is 7.96. The summed E-state index contributed by atoms with van der Waals surface area (Å²) in [6.07, 6.45) is 6.96. The maximum absolute atomic E-state index is 13.6. The van der Waals surface area contributed by atoms with Crippen molar-refractivity contribution < 1.29 is 31.3 Å². The highest BCUT2D eigenvalue weighted by Crippen LogP contribution is 2.29. The van der Waals surface area contributed by atoms with Crippen molar-refractivity contribution in [3.63, 3.8) is 0 Å². The van der Waals surface area contributed by atoms with E-state index in [2.05, 4.69) is 10.3 Å². The Morgan fingerprint density at radius 3 is 2.79 bits per heavy atom. The fourth-order valence-electron chi connectivity index (χ4n) is 4.33. The minimum absolute atomic E-state index is 0.133. The third-order valence-corrected chi connectivity index (χ3v) is 6.68. The maximum Gasteiger partial charge on any atom is 0.410 e. The van der Waals surface area contributed by atoms with Gasteiger partial charge in [0.1, 0.15) is 11.6 Å². The summed E-state index contributed by atoms with van der Waals surface area (Å²) in [5.74, 6) is -0.815. The molecular formula is C26H33FN4O7S. The molecule has 1 amide bonds. The molecule has 0 radical (unpaired) electrons. The number of allylic oxidation sites excluding steroid dienone is 1. The molecule has 1 aromatic heterocycles. The van der Waals surface area contributed by atoms with Crippen LogP contribution in [0.1, 0.15) is 65.6 Å². The first-order valence-electron chi connectivity index (χ1n) is 12.5. The molecule has 1 aliphatic rings. The second-order valence-corrected chi connectivity index (χ2v) is 10.8. The molecule has 0 aliphatic carbocycles. The first-order valence-corrected chi connectivity index (χ1v) is 14.4. The number of benzene rings is 1. The normalized spacial score (nSPS) is 15.4. The first-order chi connectivity index (χ1) is 18.6. The van der Waals surface area contributed by atoms with Crippen molar-refractivity contribution in [2.75, 3.05) is 27.0 Å². The molecular weight excluding hydrogens is 531 g/mol. The Morgan fingerprint density at radius 1 is 1.33 bits per heavy atom. The number of carbonyl (C=O) groups excluding carboxylic acids is 2. The largest absolute Gasteiger partial charge is 0.449 e. The van der Waals surface area contributed by atoms with Crippen LogP contribution >= 0.6 is 0 Å². The molecule has 13 heteroatoms. The average Bonchev–Trinajstić information content (AvgIpc) is 3.10. The summed E-state index contributed by atoms with van der Waals surface area (Å²) in [5, 5.41) is 3.05. The lowest BCUT2D eigenvalue weighted by Crippen LogP contribution is -2.37. The van der Waals surface area contributed by atoms with Crippen molar-refractivity contribution in [2.24, 2.45) is 0 Å². The van der Waals surface area contributed by atoms with Crippen LogP contribution in [0.3, 0.4) is 0 Å². The van der Waals surface area contributed by atoms with E-state index in [1.165, 1.54) is 28.6 Å².